The van der Waals surface area contributed by atoms with Gasteiger partial charge in [-0.05, 0) is 25.3 Å². The van der Waals surface area contributed by atoms with Gasteiger partial charge in [-0.1, -0.05) is 36.8 Å². The Morgan fingerprint density at radius 1 is 1.28 bits per heavy atom. The summed E-state index contributed by atoms with van der Waals surface area (Å²) in [6.07, 6.45) is 2.58. The maximum atomic E-state index is 12.3. The Kier molecular flexibility index (Phi) is 3.36. The van der Waals surface area contributed by atoms with Crippen LogP contribution in [0, 0.1) is 0 Å². The minimum Gasteiger partial charge on any atom is -0.480 e. The van der Waals surface area contributed by atoms with Crippen LogP contribution in [-0.4, -0.2) is 23.0 Å². The molecule has 1 aromatic rings. The van der Waals surface area contributed by atoms with E-state index in [1.807, 2.05) is 30.3 Å². The van der Waals surface area contributed by atoms with Crippen LogP contribution in [0.1, 0.15) is 31.7 Å². The van der Waals surface area contributed by atoms with Gasteiger partial charge in [0.1, 0.15) is 6.04 Å². The molecule has 0 heterocycles. The highest BCUT2D eigenvalue weighted by Gasteiger charge is 2.46. The van der Waals surface area contributed by atoms with Gasteiger partial charge in [-0.2, -0.15) is 0 Å². The third kappa shape index (κ3) is 2.10. The van der Waals surface area contributed by atoms with Crippen LogP contribution in [0.25, 0.3) is 0 Å². The van der Waals surface area contributed by atoms with Crippen LogP contribution in [0.4, 0.5) is 0 Å². The lowest BCUT2D eigenvalue weighted by atomic mass is 9.63. The second kappa shape index (κ2) is 4.80. The lowest BCUT2D eigenvalue weighted by Crippen LogP contribution is -2.53. The molecule has 1 amide bonds. The zero-order valence-corrected chi connectivity index (χ0v) is 10.3. The molecule has 2 rings (SSSR count). The van der Waals surface area contributed by atoms with Crippen LogP contribution >= 0.6 is 0 Å². The second-order valence-electron chi connectivity index (χ2n) is 4.84. The molecule has 0 bridgehead atoms. The Balaban J connectivity index is 2.18. The van der Waals surface area contributed by atoms with E-state index in [1.165, 1.54) is 6.92 Å². The van der Waals surface area contributed by atoms with Gasteiger partial charge in [-0.3, -0.25) is 9.59 Å². The number of amides is 1. The summed E-state index contributed by atoms with van der Waals surface area (Å²) in [5, 5.41) is 11.4. The maximum Gasteiger partial charge on any atom is 0.325 e. The molecule has 0 aliphatic heterocycles. The van der Waals surface area contributed by atoms with Crippen molar-refractivity contribution in [1.82, 2.24) is 5.32 Å². The SMILES string of the molecule is C[C@@H](NC(=O)C1(c2ccccc2)CCC1)C(=O)O. The molecule has 0 aromatic heterocycles. The minimum absolute atomic E-state index is 0.171. The average Bonchev–Trinajstić information content (AvgIpc) is 2.28. The molecule has 0 radical (unpaired) electrons. The maximum absolute atomic E-state index is 12.3. The standard InChI is InChI=1S/C14H17NO3/c1-10(12(16)17)15-13(18)14(8-5-9-14)11-6-3-2-4-7-11/h2-4,6-7,10H,5,8-9H2,1H3,(H,15,18)(H,16,17)/t10-/m1/s1. The van der Waals surface area contributed by atoms with Crippen molar-refractivity contribution in [2.24, 2.45) is 0 Å². The number of carbonyl (C=O) groups is 2. The Morgan fingerprint density at radius 2 is 1.89 bits per heavy atom. The van der Waals surface area contributed by atoms with Gasteiger partial charge in [0.25, 0.3) is 0 Å². The van der Waals surface area contributed by atoms with E-state index in [-0.39, 0.29) is 5.91 Å². The Morgan fingerprint density at radius 3 is 2.33 bits per heavy atom. The normalized spacial score (nSPS) is 18.5. The van der Waals surface area contributed by atoms with Crippen molar-refractivity contribution in [3.63, 3.8) is 0 Å². The predicted molar refractivity (Wildman–Crippen MR) is 67.2 cm³/mol. The first-order valence-corrected chi connectivity index (χ1v) is 6.15. The highest BCUT2D eigenvalue weighted by molar-refractivity contribution is 5.92. The van der Waals surface area contributed by atoms with Gasteiger partial charge in [0.05, 0.1) is 5.41 Å². The van der Waals surface area contributed by atoms with Crippen molar-refractivity contribution in [2.45, 2.75) is 37.6 Å². The van der Waals surface area contributed by atoms with Crippen LogP contribution in [0.2, 0.25) is 0 Å². The number of hydrogen-bond donors (Lipinski definition) is 2. The fourth-order valence-corrected chi connectivity index (χ4v) is 2.33. The molecular weight excluding hydrogens is 230 g/mol. The van der Waals surface area contributed by atoms with E-state index in [2.05, 4.69) is 5.32 Å². The van der Waals surface area contributed by atoms with E-state index in [9.17, 15) is 9.59 Å². The summed E-state index contributed by atoms with van der Waals surface area (Å²) in [7, 11) is 0. The summed E-state index contributed by atoms with van der Waals surface area (Å²) in [4.78, 5) is 23.1. The molecule has 4 heteroatoms. The third-order valence-corrected chi connectivity index (χ3v) is 3.69. The van der Waals surface area contributed by atoms with Gasteiger partial charge in [-0.15, -0.1) is 0 Å². The van der Waals surface area contributed by atoms with E-state index in [1.54, 1.807) is 0 Å². The first-order valence-electron chi connectivity index (χ1n) is 6.15. The molecular formula is C14H17NO3. The molecule has 2 N–H and O–H groups in total. The number of aliphatic carboxylic acids is 1. The molecule has 1 saturated carbocycles. The van der Waals surface area contributed by atoms with Gasteiger partial charge < -0.3 is 10.4 Å². The number of carboxylic acids is 1. The van der Waals surface area contributed by atoms with Crippen LogP contribution in [0.3, 0.4) is 0 Å². The van der Waals surface area contributed by atoms with Gasteiger partial charge in [0.2, 0.25) is 5.91 Å². The van der Waals surface area contributed by atoms with Crippen LogP contribution in [0.15, 0.2) is 30.3 Å². The van der Waals surface area contributed by atoms with Gasteiger partial charge in [-0.25, -0.2) is 0 Å². The summed E-state index contributed by atoms with van der Waals surface area (Å²) < 4.78 is 0. The molecule has 1 fully saturated rings. The lowest BCUT2D eigenvalue weighted by molar-refractivity contribution is -0.143. The van der Waals surface area contributed by atoms with E-state index >= 15 is 0 Å². The number of carboxylic acid groups (broad SMARTS) is 1. The third-order valence-electron chi connectivity index (χ3n) is 3.69. The lowest BCUT2D eigenvalue weighted by Gasteiger charge is -2.41. The molecule has 1 aromatic carbocycles. The predicted octanol–water partition coefficient (Wildman–Crippen LogP) is 1.70. The molecule has 4 nitrogen and oxygen atoms in total. The van der Waals surface area contributed by atoms with Crippen LogP contribution in [-0.2, 0) is 15.0 Å². The largest absolute Gasteiger partial charge is 0.480 e. The highest BCUT2D eigenvalue weighted by atomic mass is 16.4. The van der Waals surface area contributed by atoms with Crippen molar-refractivity contribution in [3.05, 3.63) is 35.9 Å². The molecule has 1 atom stereocenters. The van der Waals surface area contributed by atoms with Crippen LogP contribution in [0.5, 0.6) is 0 Å². The van der Waals surface area contributed by atoms with Crippen molar-refractivity contribution in [3.8, 4) is 0 Å². The minimum atomic E-state index is -1.01. The average molecular weight is 247 g/mol. The smallest absolute Gasteiger partial charge is 0.325 e. The summed E-state index contributed by atoms with van der Waals surface area (Å²) in [5.74, 6) is -1.18. The number of nitrogens with one attached hydrogen (secondary N) is 1. The van der Waals surface area contributed by atoms with Gasteiger partial charge in [0, 0.05) is 0 Å². The van der Waals surface area contributed by atoms with E-state index < -0.39 is 17.4 Å². The summed E-state index contributed by atoms with van der Waals surface area (Å²) in [5.41, 5.74) is 0.455. The van der Waals surface area contributed by atoms with E-state index in [0.717, 1.165) is 24.8 Å². The molecule has 18 heavy (non-hydrogen) atoms. The summed E-state index contributed by atoms with van der Waals surface area (Å²) in [6.45, 7) is 1.48. The number of carbonyl (C=O) groups excluding carboxylic acids is 1. The fraction of sp³-hybridized carbons (Fsp3) is 0.429. The zero-order chi connectivity index (χ0) is 13.2. The van der Waals surface area contributed by atoms with Crippen molar-refractivity contribution in [2.75, 3.05) is 0 Å². The molecule has 1 aliphatic rings. The molecule has 0 saturated heterocycles. The van der Waals surface area contributed by atoms with Crippen LogP contribution < -0.4 is 5.32 Å². The number of rotatable bonds is 4. The number of benzene rings is 1. The summed E-state index contributed by atoms with van der Waals surface area (Å²) in [6, 6.07) is 8.74. The molecule has 96 valence electrons. The molecule has 0 unspecified atom stereocenters. The monoisotopic (exact) mass is 247 g/mol. The number of hydrogen-bond acceptors (Lipinski definition) is 2. The first kappa shape index (κ1) is 12.6. The Labute approximate surface area is 106 Å². The van der Waals surface area contributed by atoms with Gasteiger partial charge >= 0.3 is 5.97 Å². The summed E-state index contributed by atoms with van der Waals surface area (Å²) >= 11 is 0. The zero-order valence-electron chi connectivity index (χ0n) is 10.3. The Hall–Kier alpha value is -1.84. The quantitative estimate of drug-likeness (QED) is 0.851. The highest BCUT2D eigenvalue weighted by Crippen LogP contribution is 2.43. The van der Waals surface area contributed by atoms with Crippen molar-refractivity contribution < 1.29 is 14.7 Å². The molecule has 1 aliphatic carbocycles. The first-order chi connectivity index (χ1) is 8.56. The van der Waals surface area contributed by atoms with E-state index in [0.29, 0.717) is 0 Å². The fourth-order valence-electron chi connectivity index (χ4n) is 2.33. The van der Waals surface area contributed by atoms with E-state index in [4.69, 9.17) is 5.11 Å². The topological polar surface area (TPSA) is 66.4 Å². The Bertz CT molecular complexity index is 451. The van der Waals surface area contributed by atoms with Gasteiger partial charge in [0.15, 0.2) is 0 Å². The molecule has 0 spiro atoms. The van der Waals surface area contributed by atoms with Crippen molar-refractivity contribution in [1.29, 1.82) is 0 Å². The van der Waals surface area contributed by atoms with Crippen molar-refractivity contribution >= 4 is 11.9 Å². The second-order valence-corrected chi connectivity index (χ2v) is 4.84.